The van der Waals surface area contributed by atoms with Gasteiger partial charge in [0.25, 0.3) is 0 Å². The molecule has 2 rings (SSSR count). The summed E-state index contributed by atoms with van der Waals surface area (Å²) in [7, 11) is 1.56. The summed E-state index contributed by atoms with van der Waals surface area (Å²) in [6.45, 7) is 1.03. The second-order valence-corrected chi connectivity index (χ2v) is 5.06. The van der Waals surface area contributed by atoms with Crippen LogP contribution in [-0.4, -0.2) is 15.7 Å². The van der Waals surface area contributed by atoms with Crippen LogP contribution in [0.3, 0.4) is 0 Å². The number of aryl methyl sites for hydroxylation is 1. The summed E-state index contributed by atoms with van der Waals surface area (Å²) in [6.07, 6.45) is 3.20. The van der Waals surface area contributed by atoms with Gasteiger partial charge in [-0.15, -0.1) is 0 Å². The Hall–Kier alpha value is -1.82. The molecule has 0 fully saturated rings. The smallest absolute Gasteiger partial charge is 0.316 e. The summed E-state index contributed by atoms with van der Waals surface area (Å²) < 4.78 is 3.70. The minimum Gasteiger partial charge on any atom is -0.383 e. The molecule has 19 heavy (non-hydrogen) atoms. The summed E-state index contributed by atoms with van der Waals surface area (Å²) in [5, 5.41) is 3.19. The van der Waals surface area contributed by atoms with Crippen molar-refractivity contribution in [2.24, 2.45) is 7.05 Å². The van der Waals surface area contributed by atoms with E-state index in [-0.39, 0.29) is 0 Å². The first-order valence-corrected chi connectivity index (χ1v) is 6.63. The van der Waals surface area contributed by atoms with Crippen molar-refractivity contribution in [1.82, 2.24) is 9.13 Å². The molecule has 0 aliphatic heterocycles. The predicted molar refractivity (Wildman–Crippen MR) is 78.6 cm³/mol. The molecule has 0 amide bonds. The van der Waals surface area contributed by atoms with Gasteiger partial charge in [0.15, 0.2) is 0 Å². The molecule has 1 heterocycles. The maximum atomic E-state index is 11.7. The summed E-state index contributed by atoms with van der Waals surface area (Å²) in [5.41, 5.74) is -0.0335. The number of nitrogens with zero attached hydrogens (tertiary/aromatic N) is 2. The van der Waals surface area contributed by atoms with E-state index in [1.807, 2.05) is 24.3 Å². The van der Waals surface area contributed by atoms with Gasteiger partial charge in [0.05, 0.1) is 0 Å². The Balaban J connectivity index is 2.00. The van der Waals surface area contributed by atoms with Crippen molar-refractivity contribution in [2.45, 2.75) is 6.54 Å². The van der Waals surface area contributed by atoms with Crippen molar-refractivity contribution in [2.75, 3.05) is 11.9 Å². The topological polar surface area (TPSA) is 56.0 Å². The van der Waals surface area contributed by atoms with Gasteiger partial charge in [0.2, 0.25) is 0 Å². The molecular weight excluding hydrogens is 310 g/mol. The van der Waals surface area contributed by atoms with E-state index in [9.17, 15) is 9.59 Å². The van der Waals surface area contributed by atoms with E-state index in [1.54, 1.807) is 19.4 Å². The highest BCUT2D eigenvalue weighted by Gasteiger charge is 2.01. The van der Waals surface area contributed by atoms with E-state index in [1.165, 1.54) is 9.13 Å². The van der Waals surface area contributed by atoms with E-state index in [0.29, 0.717) is 13.1 Å². The lowest BCUT2D eigenvalue weighted by atomic mass is 10.3. The fourth-order valence-electron chi connectivity index (χ4n) is 1.65. The molecule has 6 heteroatoms. The minimum atomic E-state index is -0.508. The fraction of sp³-hybridized carbons (Fsp3) is 0.231. The van der Waals surface area contributed by atoms with Crippen LogP contribution in [0.2, 0.25) is 0 Å². The van der Waals surface area contributed by atoms with Crippen molar-refractivity contribution < 1.29 is 0 Å². The quantitative estimate of drug-likeness (QED) is 0.866. The Labute approximate surface area is 118 Å². The molecule has 0 unspecified atom stereocenters. The highest BCUT2D eigenvalue weighted by molar-refractivity contribution is 9.10. The number of halogens is 1. The molecule has 0 radical (unpaired) electrons. The van der Waals surface area contributed by atoms with Gasteiger partial charge in [0.1, 0.15) is 0 Å². The molecular formula is C13H14BrN3O2. The van der Waals surface area contributed by atoms with Crippen LogP contribution in [0.4, 0.5) is 5.69 Å². The van der Waals surface area contributed by atoms with Gasteiger partial charge in [-0.3, -0.25) is 9.59 Å². The van der Waals surface area contributed by atoms with Crippen LogP contribution in [0.1, 0.15) is 0 Å². The van der Waals surface area contributed by atoms with Crippen molar-refractivity contribution in [3.05, 3.63) is 61.8 Å². The van der Waals surface area contributed by atoms with Crippen LogP contribution in [0, 0.1) is 0 Å². The Morgan fingerprint density at radius 3 is 2.47 bits per heavy atom. The van der Waals surface area contributed by atoms with Crippen LogP contribution in [0.25, 0.3) is 0 Å². The number of hydrogen-bond acceptors (Lipinski definition) is 3. The van der Waals surface area contributed by atoms with Gasteiger partial charge in [-0.1, -0.05) is 15.9 Å². The number of anilines is 1. The lowest BCUT2D eigenvalue weighted by Gasteiger charge is -2.08. The predicted octanol–water partition coefficient (Wildman–Crippen LogP) is 1.42. The Bertz CT molecular complexity index is 674. The highest BCUT2D eigenvalue weighted by atomic mass is 79.9. The molecule has 0 aliphatic rings. The average Bonchev–Trinajstić information content (AvgIpc) is 2.41. The zero-order valence-electron chi connectivity index (χ0n) is 10.5. The van der Waals surface area contributed by atoms with Gasteiger partial charge >= 0.3 is 11.1 Å². The first-order valence-electron chi connectivity index (χ1n) is 5.83. The van der Waals surface area contributed by atoms with Crippen LogP contribution in [0.15, 0.2) is 50.7 Å². The third kappa shape index (κ3) is 3.35. The van der Waals surface area contributed by atoms with E-state index < -0.39 is 11.1 Å². The minimum absolute atomic E-state index is 0.449. The van der Waals surface area contributed by atoms with Crippen molar-refractivity contribution in [3.63, 3.8) is 0 Å². The van der Waals surface area contributed by atoms with Crippen LogP contribution < -0.4 is 16.4 Å². The molecule has 5 nitrogen and oxygen atoms in total. The third-order valence-electron chi connectivity index (χ3n) is 2.76. The number of aromatic nitrogens is 2. The number of hydrogen-bond donors (Lipinski definition) is 1. The zero-order chi connectivity index (χ0) is 13.8. The largest absolute Gasteiger partial charge is 0.383 e. The first kappa shape index (κ1) is 13.6. The Morgan fingerprint density at radius 2 is 1.79 bits per heavy atom. The van der Waals surface area contributed by atoms with Crippen LogP contribution >= 0.6 is 15.9 Å². The first-order chi connectivity index (χ1) is 9.08. The maximum absolute atomic E-state index is 11.7. The molecule has 0 spiro atoms. The summed E-state index contributed by atoms with van der Waals surface area (Å²) >= 11 is 3.36. The van der Waals surface area contributed by atoms with Crippen molar-refractivity contribution in [1.29, 1.82) is 0 Å². The molecule has 0 saturated heterocycles. The summed E-state index contributed by atoms with van der Waals surface area (Å²) in [5.74, 6) is 0. The monoisotopic (exact) mass is 323 g/mol. The molecule has 0 bridgehead atoms. The fourth-order valence-corrected chi connectivity index (χ4v) is 1.92. The Morgan fingerprint density at radius 1 is 1.11 bits per heavy atom. The summed E-state index contributed by atoms with van der Waals surface area (Å²) in [4.78, 5) is 23.1. The van der Waals surface area contributed by atoms with Crippen molar-refractivity contribution >= 4 is 21.6 Å². The molecule has 1 aromatic heterocycles. The van der Waals surface area contributed by atoms with Gasteiger partial charge in [-0.2, -0.15) is 0 Å². The lowest BCUT2D eigenvalue weighted by Crippen LogP contribution is -2.40. The number of nitrogens with one attached hydrogen (secondary N) is 1. The molecule has 1 N–H and O–H groups in total. The molecule has 100 valence electrons. The number of benzene rings is 1. The normalized spacial score (nSPS) is 10.4. The van der Waals surface area contributed by atoms with Gasteiger partial charge in [-0.25, -0.2) is 0 Å². The molecule has 1 aromatic carbocycles. The lowest BCUT2D eigenvalue weighted by molar-refractivity contribution is 0.656. The van der Waals surface area contributed by atoms with E-state index >= 15 is 0 Å². The van der Waals surface area contributed by atoms with E-state index in [2.05, 4.69) is 21.2 Å². The average molecular weight is 324 g/mol. The standard InChI is InChI=1S/C13H14BrN3O2/c1-16-8-9-17(13(19)12(16)18)7-6-15-11-4-2-10(14)3-5-11/h2-5,8-9,15H,6-7H2,1H3. The Kier molecular flexibility index (Phi) is 4.21. The van der Waals surface area contributed by atoms with Gasteiger partial charge in [-0.05, 0) is 24.3 Å². The zero-order valence-corrected chi connectivity index (χ0v) is 12.1. The third-order valence-corrected chi connectivity index (χ3v) is 3.29. The molecule has 0 aliphatic carbocycles. The van der Waals surface area contributed by atoms with E-state index in [0.717, 1.165) is 10.2 Å². The maximum Gasteiger partial charge on any atom is 0.316 e. The summed E-state index contributed by atoms with van der Waals surface area (Å²) in [6, 6.07) is 7.76. The van der Waals surface area contributed by atoms with Gasteiger partial charge in [0, 0.05) is 42.7 Å². The second kappa shape index (κ2) is 5.88. The molecule has 0 saturated carbocycles. The van der Waals surface area contributed by atoms with E-state index in [4.69, 9.17) is 0 Å². The van der Waals surface area contributed by atoms with Crippen LogP contribution in [-0.2, 0) is 13.6 Å². The van der Waals surface area contributed by atoms with Crippen molar-refractivity contribution in [3.8, 4) is 0 Å². The van der Waals surface area contributed by atoms with Gasteiger partial charge < -0.3 is 14.5 Å². The van der Waals surface area contributed by atoms with Crippen LogP contribution in [0.5, 0.6) is 0 Å². The number of rotatable bonds is 4. The second-order valence-electron chi connectivity index (χ2n) is 4.15. The molecule has 2 aromatic rings. The molecule has 0 atom stereocenters. The SMILES string of the molecule is Cn1ccn(CCNc2ccc(Br)cc2)c(=O)c1=O. The highest BCUT2D eigenvalue weighted by Crippen LogP contribution is 2.13.